The van der Waals surface area contributed by atoms with Crippen molar-refractivity contribution in [3.63, 3.8) is 0 Å². The molecule has 48 heavy (non-hydrogen) atoms. The van der Waals surface area contributed by atoms with Crippen molar-refractivity contribution in [1.82, 2.24) is 25.3 Å². The van der Waals surface area contributed by atoms with Crippen molar-refractivity contribution in [2.24, 2.45) is 0 Å². The fourth-order valence-corrected chi connectivity index (χ4v) is 5.97. The Morgan fingerprint density at radius 3 is 2.31 bits per heavy atom. The molecule has 1 unspecified atom stereocenters. The summed E-state index contributed by atoms with van der Waals surface area (Å²) in [6, 6.07) is 26.7. The third-order valence-electron chi connectivity index (χ3n) is 8.54. The molecule has 0 spiro atoms. The summed E-state index contributed by atoms with van der Waals surface area (Å²) >= 11 is 0. The van der Waals surface area contributed by atoms with E-state index in [9.17, 15) is 24.0 Å². The average molecular weight is 643 g/mol. The second kappa shape index (κ2) is 12.5. The third kappa shape index (κ3) is 5.64. The van der Waals surface area contributed by atoms with Gasteiger partial charge in [-0.05, 0) is 72.1 Å². The number of imide groups is 2. The molecule has 1 aromatic heterocycles. The Hall–Kier alpha value is -6.30. The van der Waals surface area contributed by atoms with Gasteiger partial charge in [-0.25, -0.2) is 4.68 Å². The van der Waals surface area contributed by atoms with E-state index in [2.05, 4.69) is 16.0 Å². The fraction of sp³-hybridized carbons (Fsp3) is 0.167. The number of amides is 5. The number of hydrogen-bond donors (Lipinski definition) is 3. The minimum Gasteiger partial charge on any atom is -0.497 e. The highest BCUT2D eigenvalue weighted by molar-refractivity contribution is 6.24. The molecule has 12 heteroatoms. The van der Waals surface area contributed by atoms with Gasteiger partial charge >= 0.3 is 0 Å². The number of carbonyl (C=O) groups is 5. The molecule has 4 aromatic carbocycles. The molecule has 0 saturated carbocycles. The van der Waals surface area contributed by atoms with Crippen LogP contribution in [-0.4, -0.2) is 57.4 Å². The maximum Gasteiger partial charge on any atom is 0.262 e. The van der Waals surface area contributed by atoms with Crippen LogP contribution in [-0.2, 0) is 22.7 Å². The fourth-order valence-electron chi connectivity index (χ4n) is 5.97. The van der Waals surface area contributed by atoms with Crippen LogP contribution in [0.15, 0.2) is 91.0 Å². The van der Waals surface area contributed by atoms with Crippen molar-refractivity contribution in [3.8, 4) is 11.4 Å². The SMILES string of the molecule is COc1ccc(-n2nc(NCc3ccc(CNC(=O)c4ccc5c(c4)C(=O)N(C4CCC(=O)NC4=O)C5=O)cc3)c3ccccc32)cc1. The lowest BCUT2D eigenvalue weighted by Gasteiger charge is -2.27. The number of nitrogens with zero attached hydrogens (tertiary/aromatic N) is 3. The molecule has 5 aromatic rings. The third-order valence-corrected chi connectivity index (χ3v) is 8.54. The molecule has 2 aliphatic rings. The summed E-state index contributed by atoms with van der Waals surface area (Å²) < 4.78 is 7.18. The van der Waals surface area contributed by atoms with Crippen LogP contribution in [0.25, 0.3) is 16.6 Å². The standard InChI is InChI=1S/C36H30N6O6/c1-48-25-13-11-24(12-14-25)42-29-5-3-2-4-27(29)32(40-42)37-19-21-6-8-22(9-7-21)20-38-33(44)23-10-15-26-28(18-23)36(47)41(35(26)46)30-16-17-31(43)39-34(30)45/h2-15,18,30H,16-17,19-20H2,1H3,(H,37,40)(H,38,44)(H,39,43,45). The molecule has 2 aliphatic heterocycles. The Kier molecular flexibility index (Phi) is 7.89. The monoisotopic (exact) mass is 642 g/mol. The number of anilines is 1. The number of piperidine rings is 1. The Morgan fingerprint density at radius 1 is 0.875 bits per heavy atom. The van der Waals surface area contributed by atoms with Crippen molar-refractivity contribution < 1.29 is 28.7 Å². The molecule has 0 bridgehead atoms. The molecule has 0 radical (unpaired) electrons. The van der Waals surface area contributed by atoms with Crippen molar-refractivity contribution in [2.75, 3.05) is 12.4 Å². The molecular weight excluding hydrogens is 612 g/mol. The van der Waals surface area contributed by atoms with E-state index in [4.69, 9.17) is 9.84 Å². The number of fused-ring (bicyclic) bond motifs is 2. The summed E-state index contributed by atoms with van der Waals surface area (Å²) in [6.07, 6.45) is 0.0904. The van der Waals surface area contributed by atoms with Crippen molar-refractivity contribution in [1.29, 1.82) is 0 Å². The van der Waals surface area contributed by atoms with Crippen LogP contribution < -0.4 is 20.7 Å². The lowest BCUT2D eigenvalue weighted by Crippen LogP contribution is -2.54. The summed E-state index contributed by atoms with van der Waals surface area (Å²) in [5.41, 5.74) is 4.17. The maximum atomic E-state index is 13.1. The van der Waals surface area contributed by atoms with Gasteiger partial charge in [-0.1, -0.05) is 36.4 Å². The molecule has 3 heterocycles. The van der Waals surface area contributed by atoms with Gasteiger partial charge in [0.2, 0.25) is 11.8 Å². The van der Waals surface area contributed by atoms with Crippen molar-refractivity contribution >= 4 is 46.3 Å². The molecule has 5 amide bonds. The van der Waals surface area contributed by atoms with Gasteiger partial charge in [0, 0.05) is 30.5 Å². The Bertz CT molecular complexity index is 2100. The number of rotatable bonds is 9. The molecule has 3 N–H and O–H groups in total. The maximum absolute atomic E-state index is 13.1. The normalized spacial score (nSPS) is 15.8. The van der Waals surface area contributed by atoms with Crippen LogP contribution in [0.3, 0.4) is 0 Å². The molecule has 12 nitrogen and oxygen atoms in total. The van der Waals surface area contributed by atoms with Gasteiger partial charge < -0.3 is 15.4 Å². The van der Waals surface area contributed by atoms with Crippen LogP contribution in [0.1, 0.15) is 55.0 Å². The number of aromatic nitrogens is 2. The highest BCUT2D eigenvalue weighted by Gasteiger charge is 2.44. The first-order chi connectivity index (χ1) is 23.3. The Balaban J connectivity index is 0.976. The molecule has 1 saturated heterocycles. The van der Waals surface area contributed by atoms with Gasteiger partial charge in [0.1, 0.15) is 11.8 Å². The zero-order valence-electron chi connectivity index (χ0n) is 25.9. The zero-order valence-corrected chi connectivity index (χ0v) is 25.9. The first-order valence-electron chi connectivity index (χ1n) is 15.4. The second-order valence-electron chi connectivity index (χ2n) is 11.5. The van der Waals surface area contributed by atoms with Crippen molar-refractivity contribution in [3.05, 3.63) is 119 Å². The minimum atomic E-state index is -1.07. The average Bonchev–Trinajstić information content (AvgIpc) is 3.60. The molecular formula is C36H30N6O6. The largest absolute Gasteiger partial charge is 0.497 e. The van der Waals surface area contributed by atoms with Gasteiger partial charge in [-0.2, -0.15) is 0 Å². The number of nitrogens with one attached hydrogen (secondary N) is 3. The molecule has 1 atom stereocenters. The summed E-state index contributed by atoms with van der Waals surface area (Å²) in [7, 11) is 1.63. The Morgan fingerprint density at radius 2 is 1.58 bits per heavy atom. The zero-order chi connectivity index (χ0) is 33.4. The Labute approximate surface area is 274 Å². The molecule has 1 fully saturated rings. The van der Waals surface area contributed by atoms with E-state index < -0.39 is 35.6 Å². The summed E-state index contributed by atoms with van der Waals surface area (Å²) in [5, 5.41) is 14.3. The summed E-state index contributed by atoms with van der Waals surface area (Å²) in [6.45, 7) is 0.782. The van der Waals surface area contributed by atoms with E-state index in [1.165, 1.54) is 18.2 Å². The summed E-state index contributed by atoms with van der Waals surface area (Å²) in [5.74, 6) is -1.30. The molecule has 7 rings (SSSR count). The number of methoxy groups -OCH3 is 1. The topological polar surface area (TPSA) is 152 Å². The predicted octanol–water partition coefficient (Wildman–Crippen LogP) is 3.98. The lowest BCUT2D eigenvalue weighted by molar-refractivity contribution is -0.136. The number of para-hydroxylation sites is 1. The minimum absolute atomic E-state index is 0.0306. The second-order valence-corrected chi connectivity index (χ2v) is 11.5. The number of carbonyl (C=O) groups excluding carboxylic acids is 5. The van der Waals surface area contributed by atoms with Crippen LogP contribution in [0.5, 0.6) is 5.75 Å². The van der Waals surface area contributed by atoms with Gasteiger partial charge in [-0.15, -0.1) is 5.10 Å². The quantitative estimate of drug-likeness (QED) is 0.204. The van der Waals surface area contributed by atoms with E-state index in [1.807, 2.05) is 77.5 Å². The van der Waals surface area contributed by atoms with Crippen LogP contribution >= 0.6 is 0 Å². The first-order valence-corrected chi connectivity index (χ1v) is 15.4. The van der Waals surface area contributed by atoms with E-state index >= 15 is 0 Å². The molecule has 0 aliphatic carbocycles. The van der Waals surface area contributed by atoms with Gasteiger partial charge in [0.15, 0.2) is 5.82 Å². The van der Waals surface area contributed by atoms with Crippen molar-refractivity contribution in [2.45, 2.75) is 32.0 Å². The van der Waals surface area contributed by atoms with E-state index in [1.54, 1.807) is 7.11 Å². The first kappa shape index (κ1) is 30.4. The van der Waals surface area contributed by atoms with Crippen LogP contribution in [0.4, 0.5) is 5.82 Å². The predicted molar refractivity (Wildman–Crippen MR) is 176 cm³/mol. The van der Waals surface area contributed by atoms with Crippen LogP contribution in [0, 0.1) is 0 Å². The van der Waals surface area contributed by atoms with Crippen LogP contribution in [0.2, 0.25) is 0 Å². The van der Waals surface area contributed by atoms with E-state index in [0.29, 0.717) is 6.54 Å². The number of hydrogen-bond acceptors (Lipinski definition) is 8. The highest BCUT2D eigenvalue weighted by atomic mass is 16.5. The van der Waals surface area contributed by atoms with Gasteiger partial charge in [-0.3, -0.25) is 34.2 Å². The van der Waals surface area contributed by atoms with E-state index in [0.717, 1.165) is 44.2 Å². The molecule has 240 valence electrons. The number of benzene rings is 4. The highest BCUT2D eigenvalue weighted by Crippen LogP contribution is 2.29. The lowest BCUT2D eigenvalue weighted by atomic mass is 10.0. The number of ether oxygens (including phenoxy) is 1. The summed E-state index contributed by atoms with van der Waals surface area (Å²) in [4.78, 5) is 63.8. The van der Waals surface area contributed by atoms with E-state index in [-0.39, 0.29) is 36.1 Å². The van der Waals surface area contributed by atoms with Gasteiger partial charge in [0.25, 0.3) is 17.7 Å². The smallest absolute Gasteiger partial charge is 0.262 e. The van der Waals surface area contributed by atoms with Gasteiger partial charge in [0.05, 0.1) is 29.4 Å².